The third-order valence-corrected chi connectivity index (χ3v) is 9.04. The van der Waals surface area contributed by atoms with Crippen LogP contribution in [0, 0.1) is 5.92 Å². The Hall–Kier alpha value is -2.82. The van der Waals surface area contributed by atoms with E-state index < -0.39 is 22.2 Å². The van der Waals surface area contributed by atoms with Crippen molar-refractivity contribution in [3.8, 4) is 5.75 Å². The third kappa shape index (κ3) is 6.90. The van der Waals surface area contributed by atoms with Crippen molar-refractivity contribution in [3.05, 3.63) is 87.9 Å². The standard InChI is InChI=1S/C29H33Cl2N3O5S/c1-19-15-34(20(2)18-35)29(36)23-10-7-11-26(32-40(37,38)22-8-5-4-6-9-22)28(23)39-27(19)17-33(3)16-21-12-13-24(30)25(31)14-21/h4-14,19-20,27,32,35H,15-18H2,1-3H3/t19-,20-,27+/m0/s1. The van der Waals surface area contributed by atoms with E-state index in [0.717, 1.165) is 5.56 Å². The van der Waals surface area contributed by atoms with Crippen molar-refractivity contribution >= 4 is 44.8 Å². The lowest BCUT2D eigenvalue weighted by molar-refractivity contribution is 0.0344. The second-order valence-corrected chi connectivity index (χ2v) is 12.7. The van der Waals surface area contributed by atoms with E-state index in [9.17, 15) is 18.3 Å². The van der Waals surface area contributed by atoms with Crippen molar-refractivity contribution in [2.75, 3.05) is 31.5 Å². The summed E-state index contributed by atoms with van der Waals surface area (Å²) in [6.07, 6.45) is -0.421. The van der Waals surface area contributed by atoms with Gasteiger partial charge in [0.15, 0.2) is 5.75 Å². The van der Waals surface area contributed by atoms with Crippen molar-refractivity contribution in [1.82, 2.24) is 9.80 Å². The highest BCUT2D eigenvalue weighted by Crippen LogP contribution is 2.36. The van der Waals surface area contributed by atoms with Gasteiger partial charge in [0.1, 0.15) is 6.10 Å². The molecule has 1 amide bonds. The minimum Gasteiger partial charge on any atom is -0.486 e. The number of carbonyl (C=O) groups is 1. The summed E-state index contributed by atoms with van der Waals surface area (Å²) in [5.41, 5.74) is 1.35. The van der Waals surface area contributed by atoms with Crippen molar-refractivity contribution in [3.63, 3.8) is 0 Å². The number of fused-ring (bicyclic) bond motifs is 1. The number of ether oxygens (including phenoxy) is 1. The average Bonchev–Trinajstić information content (AvgIpc) is 2.93. The smallest absolute Gasteiger partial charge is 0.262 e. The number of benzene rings is 3. The highest BCUT2D eigenvalue weighted by atomic mass is 35.5. The van der Waals surface area contributed by atoms with Gasteiger partial charge in [-0.25, -0.2) is 8.42 Å². The van der Waals surface area contributed by atoms with E-state index in [2.05, 4.69) is 9.62 Å². The molecule has 40 heavy (non-hydrogen) atoms. The summed E-state index contributed by atoms with van der Waals surface area (Å²) in [6.45, 7) is 4.93. The van der Waals surface area contributed by atoms with Gasteiger partial charge in [0, 0.05) is 25.6 Å². The topological polar surface area (TPSA) is 99.2 Å². The van der Waals surface area contributed by atoms with Crippen molar-refractivity contribution in [2.45, 2.75) is 37.4 Å². The minimum absolute atomic E-state index is 0.0894. The number of nitrogens with one attached hydrogen (secondary N) is 1. The van der Waals surface area contributed by atoms with E-state index in [1.54, 1.807) is 54.3 Å². The van der Waals surface area contributed by atoms with Gasteiger partial charge < -0.3 is 14.7 Å². The van der Waals surface area contributed by atoms with E-state index >= 15 is 0 Å². The molecule has 1 aliphatic heterocycles. The van der Waals surface area contributed by atoms with Gasteiger partial charge in [-0.1, -0.05) is 60.5 Å². The number of halogens is 2. The lowest BCUT2D eigenvalue weighted by Crippen LogP contribution is -2.49. The number of amides is 1. The summed E-state index contributed by atoms with van der Waals surface area (Å²) in [6, 6.07) is 17.8. The minimum atomic E-state index is -3.95. The summed E-state index contributed by atoms with van der Waals surface area (Å²) in [5.74, 6) is -0.338. The first kappa shape index (κ1) is 30.1. The molecule has 2 N–H and O–H groups in total. The normalized spacial score (nSPS) is 18.5. The van der Waals surface area contributed by atoms with Crippen LogP contribution >= 0.6 is 23.2 Å². The largest absolute Gasteiger partial charge is 0.486 e. The molecular weight excluding hydrogens is 573 g/mol. The molecule has 8 nitrogen and oxygen atoms in total. The molecule has 0 saturated carbocycles. The third-order valence-electron chi connectivity index (χ3n) is 6.92. The molecular formula is C29H33Cl2N3O5S. The molecule has 0 radical (unpaired) electrons. The van der Waals surface area contributed by atoms with Crippen LogP contribution in [0.25, 0.3) is 0 Å². The van der Waals surface area contributed by atoms with Crippen LogP contribution < -0.4 is 9.46 Å². The van der Waals surface area contributed by atoms with Crippen molar-refractivity contribution < 1.29 is 23.1 Å². The first-order valence-corrected chi connectivity index (χ1v) is 15.2. The number of hydrogen-bond donors (Lipinski definition) is 2. The maximum atomic E-state index is 13.7. The number of aliphatic hydroxyl groups excluding tert-OH is 1. The molecule has 4 rings (SSSR count). The van der Waals surface area contributed by atoms with E-state index in [4.69, 9.17) is 27.9 Å². The number of para-hydroxylation sites is 1. The maximum absolute atomic E-state index is 13.7. The van der Waals surface area contributed by atoms with Crippen LogP contribution in [0.2, 0.25) is 10.0 Å². The van der Waals surface area contributed by atoms with Gasteiger partial charge in [0.2, 0.25) is 0 Å². The second kappa shape index (κ2) is 12.8. The summed E-state index contributed by atoms with van der Waals surface area (Å²) < 4.78 is 35.5. The van der Waals surface area contributed by atoms with Crippen LogP contribution in [0.4, 0.5) is 5.69 Å². The van der Waals surface area contributed by atoms with Crippen molar-refractivity contribution in [2.24, 2.45) is 5.92 Å². The molecule has 0 fully saturated rings. The summed E-state index contributed by atoms with van der Waals surface area (Å²) >= 11 is 12.3. The number of aliphatic hydroxyl groups is 1. The van der Waals surface area contributed by atoms with Gasteiger partial charge in [-0.2, -0.15) is 0 Å². The number of nitrogens with zero attached hydrogens (tertiary/aromatic N) is 2. The van der Waals surface area contributed by atoms with Crippen LogP contribution in [0.3, 0.4) is 0 Å². The lowest BCUT2D eigenvalue weighted by atomic mass is 9.99. The number of likely N-dealkylation sites (N-methyl/N-ethyl adjacent to an activating group) is 1. The SMILES string of the molecule is C[C@H]1CN([C@@H](C)CO)C(=O)c2cccc(NS(=O)(=O)c3ccccc3)c2O[C@@H]1CN(C)Cc1ccc(Cl)c(Cl)c1. The zero-order chi connectivity index (χ0) is 29.0. The Morgan fingerprint density at radius 2 is 1.82 bits per heavy atom. The fraction of sp³-hybridized carbons (Fsp3) is 0.345. The van der Waals surface area contributed by atoms with Crippen LogP contribution in [-0.4, -0.2) is 68.1 Å². The fourth-order valence-corrected chi connectivity index (χ4v) is 6.07. The van der Waals surface area contributed by atoms with Gasteiger partial charge in [-0.3, -0.25) is 14.4 Å². The molecule has 214 valence electrons. The zero-order valence-corrected chi connectivity index (χ0v) is 24.9. The Bertz CT molecular complexity index is 1460. The Labute approximate surface area is 245 Å². The van der Waals surface area contributed by atoms with Gasteiger partial charge in [-0.15, -0.1) is 0 Å². The first-order chi connectivity index (χ1) is 19.0. The number of hydrogen-bond acceptors (Lipinski definition) is 6. The highest BCUT2D eigenvalue weighted by molar-refractivity contribution is 7.92. The molecule has 0 saturated heterocycles. The zero-order valence-electron chi connectivity index (χ0n) is 22.6. The monoisotopic (exact) mass is 605 g/mol. The van der Waals surface area contributed by atoms with Crippen LogP contribution in [0.5, 0.6) is 5.75 Å². The van der Waals surface area contributed by atoms with Gasteiger partial charge in [0.25, 0.3) is 15.9 Å². The molecule has 0 unspecified atom stereocenters. The van der Waals surface area contributed by atoms with Crippen LogP contribution in [0.1, 0.15) is 29.8 Å². The molecule has 0 spiro atoms. The van der Waals surface area contributed by atoms with Crippen LogP contribution in [-0.2, 0) is 16.6 Å². The average molecular weight is 607 g/mol. The Morgan fingerprint density at radius 1 is 1.10 bits per heavy atom. The Balaban J connectivity index is 1.70. The summed E-state index contributed by atoms with van der Waals surface area (Å²) in [7, 11) is -2.00. The predicted molar refractivity (Wildman–Crippen MR) is 158 cm³/mol. The Kier molecular flexibility index (Phi) is 9.64. The van der Waals surface area contributed by atoms with Gasteiger partial charge in [-0.05, 0) is 55.9 Å². The molecule has 3 atom stereocenters. The number of rotatable bonds is 9. The molecule has 1 aliphatic rings. The lowest BCUT2D eigenvalue weighted by Gasteiger charge is -2.38. The van der Waals surface area contributed by atoms with E-state index in [-0.39, 0.29) is 40.3 Å². The number of sulfonamides is 1. The predicted octanol–water partition coefficient (Wildman–Crippen LogP) is 5.15. The highest BCUT2D eigenvalue weighted by Gasteiger charge is 2.35. The quantitative estimate of drug-likeness (QED) is 0.350. The molecule has 11 heteroatoms. The molecule has 3 aromatic carbocycles. The number of anilines is 1. The van der Waals surface area contributed by atoms with Crippen LogP contribution in [0.15, 0.2) is 71.6 Å². The number of carbonyl (C=O) groups excluding carboxylic acids is 1. The molecule has 0 bridgehead atoms. The maximum Gasteiger partial charge on any atom is 0.262 e. The summed E-state index contributed by atoms with van der Waals surface area (Å²) in [5, 5.41) is 10.9. The first-order valence-electron chi connectivity index (χ1n) is 12.9. The van der Waals surface area contributed by atoms with Gasteiger partial charge in [0.05, 0.1) is 38.8 Å². The van der Waals surface area contributed by atoms with Gasteiger partial charge >= 0.3 is 0 Å². The Morgan fingerprint density at radius 3 is 2.50 bits per heavy atom. The van der Waals surface area contributed by atoms with E-state index in [0.29, 0.717) is 29.7 Å². The van der Waals surface area contributed by atoms with E-state index in [1.165, 1.54) is 12.1 Å². The fourth-order valence-electron chi connectivity index (χ4n) is 4.67. The molecule has 1 heterocycles. The molecule has 0 aliphatic carbocycles. The second-order valence-electron chi connectivity index (χ2n) is 10.2. The van der Waals surface area contributed by atoms with E-state index in [1.807, 2.05) is 26.1 Å². The van der Waals surface area contributed by atoms with Crippen molar-refractivity contribution in [1.29, 1.82) is 0 Å². The molecule has 3 aromatic rings. The summed E-state index contributed by atoms with van der Waals surface area (Å²) in [4.78, 5) is 17.5. The molecule has 0 aromatic heterocycles.